The number of H-pyrrole nitrogens is 1. The summed E-state index contributed by atoms with van der Waals surface area (Å²) in [6.07, 6.45) is -0.667. The van der Waals surface area contributed by atoms with Crippen molar-refractivity contribution in [2.75, 3.05) is 18.0 Å². The monoisotopic (exact) mass is 352 g/mol. The zero-order valence-corrected chi connectivity index (χ0v) is 13.8. The fraction of sp³-hybridized carbons (Fsp3) is 0.529. The lowest BCUT2D eigenvalue weighted by Gasteiger charge is -2.38. The van der Waals surface area contributed by atoms with Crippen LogP contribution < -0.4 is 9.64 Å². The Morgan fingerprint density at radius 3 is 2.48 bits per heavy atom. The maximum atomic E-state index is 12.7. The van der Waals surface area contributed by atoms with E-state index in [1.54, 1.807) is 0 Å². The minimum atomic E-state index is -4.46. The van der Waals surface area contributed by atoms with Crippen molar-refractivity contribution in [3.05, 3.63) is 35.7 Å². The maximum absolute atomic E-state index is 12.7. The van der Waals surface area contributed by atoms with Gasteiger partial charge < -0.3 is 9.64 Å². The van der Waals surface area contributed by atoms with E-state index in [9.17, 15) is 13.2 Å². The van der Waals surface area contributed by atoms with Crippen molar-refractivity contribution in [1.29, 1.82) is 0 Å². The topological polar surface area (TPSA) is 54.0 Å². The molecule has 3 atom stereocenters. The molecule has 2 aromatic heterocycles. The molecule has 2 bridgehead atoms. The lowest BCUT2D eigenvalue weighted by Crippen LogP contribution is -2.47. The second-order valence-corrected chi connectivity index (χ2v) is 6.89. The molecule has 2 fully saturated rings. The molecule has 0 aromatic carbocycles. The molecule has 3 heterocycles. The Bertz CT molecular complexity index is 729. The molecule has 1 saturated heterocycles. The molecule has 1 saturated carbocycles. The van der Waals surface area contributed by atoms with E-state index in [-0.39, 0.29) is 23.8 Å². The lowest BCUT2D eigenvalue weighted by atomic mass is 9.95. The summed E-state index contributed by atoms with van der Waals surface area (Å²) in [7, 11) is 0. The van der Waals surface area contributed by atoms with Gasteiger partial charge in [0.2, 0.25) is 5.88 Å². The number of anilines is 1. The molecule has 4 rings (SSSR count). The number of fused-ring (bicyclic) bond motifs is 2. The number of aromatic nitrogens is 3. The van der Waals surface area contributed by atoms with Gasteiger partial charge in [-0.05, 0) is 31.4 Å². The van der Waals surface area contributed by atoms with E-state index in [1.807, 2.05) is 25.3 Å². The second-order valence-electron chi connectivity index (χ2n) is 6.89. The smallest absolute Gasteiger partial charge is 0.435 e. The van der Waals surface area contributed by atoms with Crippen LogP contribution in [0, 0.1) is 18.8 Å². The van der Waals surface area contributed by atoms with Crippen molar-refractivity contribution in [1.82, 2.24) is 15.2 Å². The van der Waals surface area contributed by atoms with Gasteiger partial charge in [0.25, 0.3) is 0 Å². The van der Waals surface area contributed by atoms with Crippen LogP contribution in [0.1, 0.15) is 24.1 Å². The highest BCUT2D eigenvalue weighted by molar-refractivity contribution is 5.40. The number of nitrogens with zero attached hydrogens (tertiary/aromatic N) is 3. The molecular weight excluding hydrogens is 333 g/mol. The fourth-order valence-corrected chi connectivity index (χ4v) is 3.86. The number of piperidine rings is 1. The number of ether oxygens (including phenoxy) is 1. The Balaban J connectivity index is 1.45. The fourth-order valence-electron chi connectivity index (χ4n) is 3.86. The standard InChI is InChI=1S/C17H19F3N4O/c1-10-2-5-14(21-7-10)24-8-11-3-4-12(9-24)16(11)25-15-6-13(22-23-15)17(18,19)20/h2,5-7,11-12,16H,3-4,8-9H2,1H3,(H,22,23)/t11-,12+,16-. The van der Waals surface area contributed by atoms with Crippen LogP contribution in [0.2, 0.25) is 0 Å². The summed E-state index contributed by atoms with van der Waals surface area (Å²) in [5, 5.41) is 5.66. The Kier molecular flexibility index (Phi) is 3.85. The highest BCUT2D eigenvalue weighted by atomic mass is 19.4. The predicted octanol–water partition coefficient (Wildman–Crippen LogP) is 3.43. The molecular formula is C17H19F3N4O. The number of aromatic amines is 1. The van der Waals surface area contributed by atoms with E-state index in [0.717, 1.165) is 43.4 Å². The van der Waals surface area contributed by atoms with Gasteiger partial charge in [0.15, 0.2) is 5.69 Å². The van der Waals surface area contributed by atoms with Crippen LogP contribution in [0.4, 0.5) is 19.0 Å². The van der Waals surface area contributed by atoms with Crippen LogP contribution in [0.25, 0.3) is 0 Å². The van der Waals surface area contributed by atoms with E-state index in [0.29, 0.717) is 0 Å². The van der Waals surface area contributed by atoms with Crippen LogP contribution in [0.3, 0.4) is 0 Å². The molecule has 25 heavy (non-hydrogen) atoms. The molecule has 2 aliphatic rings. The second kappa shape index (κ2) is 5.93. The van der Waals surface area contributed by atoms with Crippen molar-refractivity contribution in [3.63, 3.8) is 0 Å². The lowest BCUT2D eigenvalue weighted by molar-refractivity contribution is -0.141. The van der Waals surface area contributed by atoms with Crippen molar-refractivity contribution in [3.8, 4) is 5.88 Å². The number of alkyl halides is 3. The first-order chi connectivity index (χ1) is 11.9. The number of aryl methyl sites for hydroxylation is 1. The molecule has 1 aliphatic carbocycles. The van der Waals surface area contributed by atoms with Gasteiger partial charge in [-0.3, -0.25) is 0 Å². The summed E-state index contributed by atoms with van der Waals surface area (Å²) in [5.41, 5.74) is 0.167. The molecule has 134 valence electrons. The molecule has 2 aromatic rings. The summed E-state index contributed by atoms with van der Waals surface area (Å²) in [6.45, 7) is 3.61. The minimum absolute atomic E-state index is 0.0803. The molecule has 0 spiro atoms. The first-order valence-electron chi connectivity index (χ1n) is 8.37. The summed E-state index contributed by atoms with van der Waals surface area (Å²) < 4.78 is 43.8. The van der Waals surface area contributed by atoms with E-state index >= 15 is 0 Å². The molecule has 0 radical (unpaired) electrons. The third-order valence-electron chi connectivity index (χ3n) is 5.07. The number of nitrogens with one attached hydrogen (secondary N) is 1. The normalized spacial score (nSPS) is 26.1. The Morgan fingerprint density at radius 2 is 1.92 bits per heavy atom. The summed E-state index contributed by atoms with van der Waals surface area (Å²) >= 11 is 0. The first kappa shape index (κ1) is 16.2. The van der Waals surface area contributed by atoms with Crippen LogP contribution in [-0.2, 0) is 6.18 Å². The van der Waals surface area contributed by atoms with Crippen molar-refractivity contribution in [2.45, 2.75) is 32.0 Å². The third-order valence-corrected chi connectivity index (χ3v) is 5.07. The van der Waals surface area contributed by atoms with Gasteiger partial charge in [-0.25, -0.2) is 10.1 Å². The SMILES string of the molecule is Cc1ccc(N2C[C@H]3CC[C@@H](C2)[C@@H]3Oc2cc(C(F)(F)F)n[nH]2)nc1. The zero-order chi connectivity index (χ0) is 17.6. The van der Waals surface area contributed by atoms with Crippen LogP contribution in [0.5, 0.6) is 5.88 Å². The largest absolute Gasteiger partial charge is 0.474 e. The van der Waals surface area contributed by atoms with Crippen LogP contribution in [-0.4, -0.2) is 34.4 Å². The number of rotatable bonds is 3. The van der Waals surface area contributed by atoms with E-state index in [2.05, 4.69) is 20.1 Å². The quantitative estimate of drug-likeness (QED) is 0.920. The van der Waals surface area contributed by atoms with Gasteiger partial charge in [-0.2, -0.15) is 18.3 Å². The van der Waals surface area contributed by atoms with Gasteiger partial charge >= 0.3 is 6.18 Å². The average Bonchev–Trinajstić information content (AvgIpc) is 3.11. The van der Waals surface area contributed by atoms with E-state index < -0.39 is 11.9 Å². The Morgan fingerprint density at radius 1 is 1.20 bits per heavy atom. The summed E-state index contributed by atoms with van der Waals surface area (Å²) in [4.78, 5) is 6.73. The molecule has 5 nitrogen and oxygen atoms in total. The van der Waals surface area contributed by atoms with Gasteiger partial charge in [-0.15, -0.1) is 0 Å². The van der Waals surface area contributed by atoms with Crippen LogP contribution in [0.15, 0.2) is 24.4 Å². The summed E-state index contributed by atoms with van der Waals surface area (Å²) in [5.74, 6) is 1.59. The number of hydrogen-bond acceptors (Lipinski definition) is 4. The molecule has 0 unspecified atom stereocenters. The summed E-state index contributed by atoms with van der Waals surface area (Å²) in [6, 6.07) is 4.99. The molecule has 1 aliphatic heterocycles. The Hall–Kier alpha value is -2.25. The third kappa shape index (κ3) is 3.17. The molecule has 1 N–H and O–H groups in total. The van der Waals surface area contributed by atoms with E-state index in [1.165, 1.54) is 0 Å². The number of halogens is 3. The minimum Gasteiger partial charge on any atom is -0.474 e. The molecule has 0 amide bonds. The first-order valence-corrected chi connectivity index (χ1v) is 8.37. The number of hydrogen-bond donors (Lipinski definition) is 1. The van der Waals surface area contributed by atoms with Crippen LogP contribution >= 0.6 is 0 Å². The highest BCUT2D eigenvalue weighted by Gasteiger charge is 2.44. The maximum Gasteiger partial charge on any atom is 0.435 e. The highest BCUT2D eigenvalue weighted by Crippen LogP contribution is 2.40. The molecule has 8 heteroatoms. The Labute approximate surface area is 143 Å². The average molecular weight is 352 g/mol. The van der Waals surface area contributed by atoms with Gasteiger partial charge in [-0.1, -0.05) is 6.07 Å². The van der Waals surface area contributed by atoms with Crippen molar-refractivity contribution < 1.29 is 17.9 Å². The van der Waals surface area contributed by atoms with Gasteiger partial charge in [0.05, 0.1) is 0 Å². The van der Waals surface area contributed by atoms with E-state index in [4.69, 9.17) is 4.74 Å². The van der Waals surface area contributed by atoms with Crippen molar-refractivity contribution in [2.24, 2.45) is 11.8 Å². The predicted molar refractivity (Wildman–Crippen MR) is 85.4 cm³/mol. The van der Waals surface area contributed by atoms with Gasteiger partial charge in [0.1, 0.15) is 11.9 Å². The van der Waals surface area contributed by atoms with Gasteiger partial charge in [0, 0.05) is 37.2 Å². The number of pyridine rings is 1. The van der Waals surface area contributed by atoms with Crippen molar-refractivity contribution >= 4 is 5.82 Å². The zero-order valence-electron chi connectivity index (χ0n) is 13.8.